The number of amides is 4. The summed E-state index contributed by atoms with van der Waals surface area (Å²) in [5.74, 6) is -1.17. The molecule has 0 aliphatic carbocycles. The lowest BCUT2D eigenvalue weighted by atomic mass is 9.82. The third kappa shape index (κ3) is 6.17. The molecule has 1 aromatic heterocycles. The summed E-state index contributed by atoms with van der Waals surface area (Å²) < 4.78 is 10.6. The molecule has 1 spiro atoms. The molecule has 4 amide bonds. The highest BCUT2D eigenvalue weighted by molar-refractivity contribution is 6.30. The summed E-state index contributed by atoms with van der Waals surface area (Å²) in [6, 6.07) is 14.2. The number of halogens is 1. The average Bonchev–Trinajstić information content (AvgIpc) is 3.03. The number of hydrogen-bond donors (Lipinski definition) is 3. The Morgan fingerprint density at radius 3 is 2.73 bits per heavy atom. The third-order valence-electron chi connectivity index (χ3n) is 8.80. The number of benzene rings is 2. The lowest BCUT2D eigenvalue weighted by molar-refractivity contribution is -0.141. The van der Waals surface area contributed by atoms with E-state index in [-0.39, 0.29) is 24.3 Å². The molecule has 6 rings (SSSR count). The monoisotopic (exact) mass is 631 g/mol. The van der Waals surface area contributed by atoms with E-state index in [1.807, 2.05) is 19.1 Å². The SMILES string of the molecule is COC(=O)Nc1ccc2c(c1)NC(=O)C(C)CCCC(C(=O)N1CCC[C@@]3(C1)OC(=O)Nc1ccc(Cl)cc13)c1cc-2ccn1. The smallest absolute Gasteiger partial charge is 0.412 e. The fraction of sp³-hybridized carbons (Fsp3) is 0.364. The molecule has 3 aliphatic heterocycles. The van der Waals surface area contributed by atoms with Gasteiger partial charge in [0.1, 0.15) is 0 Å². The Hall–Kier alpha value is -4.64. The lowest BCUT2D eigenvalue weighted by Gasteiger charge is -2.45. The number of carbonyl (C=O) groups excluding carboxylic acids is 4. The number of nitrogens with zero attached hydrogens (tertiary/aromatic N) is 2. The van der Waals surface area contributed by atoms with Gasteiger partial charge in [-0.15, -0.1) is 0 Å². The summed E-state index contributed by atoms with van der Waals surface area (Å²) in [4.78, 5) is 58.5. The molecular weight excluding hydrogens is 598 g/mol. The molecule has 3 aliphatic rings. The number of fused-ring (bicyclic) bond motifs is 6. The van der Waals surface area contributed by atoms with Crippen LogP contribution in [0.5, 0.6) is 0 Å². The van der Waals surface area contributed by atoms with Crippen molar-refractivity contribution in [2.24, 2.45) is 5.92 Å². The predicted molar refractivity (Wildman–Crippen MR) is 169 cm³/mol. The highest BCUT2D eigenvalue weighted by atomic mass is 35.5. The van der Waals surface area contributed by atoms with Gasteiger partial charge in [-0.05, 0) is 73.7 Å². The van der Waals surface area contributed by atoms with Crippen molar-refractivity contribution in [1.29, 1.82) is 0 Å². The van der Waals surface area contributed by atoms with Gasteiger partial charge < -0.3 is 19.7 Å². The molecule has 3 aromatic rings. The van der Waals surface area contributed by atoms with E-state index in [9.17, 15) is 19.2 Å². The van der Waals surface area contributed by atoms with E-state index in [1.165, 1.54) is 7.11 Å². The highest BCUT2D eigenvalue weighted by Gasteiger charge is 2.47. The first-order chi connectivity index (χ1) is 21.7. The number of rotatable bonds is 2. The first-order valence-corrected chi connectivity index (χ1v) is 15.4. The van der Waals surface area contributed by atoms with Crippen LogP contribution in [0.1, 0.15) is 56.2 Å². The molecule has 234 valence electrons. The van der Waals surface area contributed by atoms with Crippen LogP contribution in [0.3, 0.4) is 0 Å². The van der Waals surface area contributed by atoms with E-state index in [0.29, 0.717) is 72.0 Å². The topological polar surface area (TPSA) is 139 Å². The van der Waals surface area contributed by atoms with Gasteiger partial charge >= 0.3 is 12.2 Å². The summed E-state index contributed by atoms with van der Waals surface area (Å²) in [5, 5.41) is 8.92. The fourth-order valence-electron chi connectivity index (χ4n) is 6.47. The van der Waals surface area contributed by atoms with E-state index in [0.717, 1.165) is 11.1 Å². The van der Waals surface area contributed by atoms with Gasteiger partial charge in [0.15, 0.2) is 5.60 Å². The largest absolute Gasteiger partial charge is 0.453 e. The number of aromatic nitrogens is 1. The van der Waals surface area contributed by atoms with Crippen LogP contribution < -0.4 is 16.0 Å². The van der Waals surface area contributed by atoms with Crippen molar-refractivity contribution in [1.82, 2.24) is 9.88 Å². The van der Waals surface area contributed by atoms with E-state index in [4.69, 9.17) is 21.1 Å². The number of likely N-dealkylation sites (tertiary alicyclic amines) is 1. The van der Waals surface area contributed by atoms with Crippen molar-refractivity contribution in [2.45, 2.75) is 50.5 Å². The molecule has 2 bridgehead atoms. The Morgan fingerprint density at radius 2 is 1.91 bits per heavy atom. The molecule has 45 heavy (non-hydrogen) atoms. The predicted octanol–water partition coefficient (Wildman–Crippen LogP) is 6.50. The molecule has 11 nitrogen and oxygen atoms in total. The first kappa shape index (κ1) is 30.4. The third-order valence-corrected chi connectivity index (χ3v) is 9.03. The molecule has 3 N–H and O–H groups in total. The molecule has 2 aromatic carbocycles. The minimum atomic E-state index is -1.02. The van der Waals surface area contributed by atoms with E-state index in [2.05, 4.69) is 20.9 Å². The standard InChI is InChI=1S/C33H34ClN5O6/c1-19-5-3-6-24(30(41)39-14-4-12-33(18-39)25-16-21(34)7-10-26(25)38-32(43)45-33)27-15-20(11-13-35-27)23-9-8-22(36-31(42)44-2)17-28(23)37-29(19)40/h7-11,13,15-17,19,24H,3-6,12,14,18H2,1-2H3,(H,36,42)(H,37,40)(H,38,43)/t19?,24?,33-/m0/s1. The second-order valence-corrected chi connectivity index (χ2v) is 12.2. The highest BCUT2D eigenvalue weighted by Crippen LogP contribution is 2.44. The van der Waals surface area contributed by atoms with Crippen molar-refractivity contribution in [3.63, 3.8) is 0 Å². The Labute approximate surface area is 265 Å². The van der Waals surface area contributed by atoms with Crippen molar-refractivity contribution in [3.8, 4) is 11.1 Å². The van der Waals surface area contributed by atoms with Gasteiger partial charge in [0.2, 0.25) is 11.8 Å². The van der Waals surface area contributed by atoms with Crippen LogP contribution in [0.2, 0.25) is 5.02 Å². The number of carbonyl (C=O) groups is 4. The van der Waals surface area contributed by atoms with E-state index >= 15 is 0 Å². The summed E-state index contributed by atoms with van der Waals surface area (Å²) in [7, 11) is 1.28. The molecule has 1 saturated heterocycles. The molecule has 0 saturated carbocycles. The van der Waals surface area contributed by atoms with Gasteiger partial charge in [-0.1, -0.05) is 31.0 Å². The van der Waals surface area contributed by atoms with Crippen LogP contribution in [0.4, 0.5) is 26.7 Å². The maximum atomic E-state index is 14.4. The summed E-state index contributed by atoms with van der Waals surface area (Å²) in [6.45, 7) is 2.56. The van der Waals surface area contributed by atoms with Crippen molar-refractivity contribution >= 4 is 52.7 Å². The molecule has 0 radical (unpaired) electrons. The Morgan fingerprint density at radius 1 is 1.07 bits per heavy atom. The van der Waals surface area contributed by atoms with Crippen molar-refractivity contribution in [3.05, 3.63) is 71.0 Å². The average molecular weight is 632 g/mol. The van der Waals surface area contributed by atoms with Crippen LogP contribution in [-0.2, 0) is 24.7 Å². The number of methoxy groups -OCH3 is 1. The minimum absolute atomic E-state index is 0.108. The molecule has 4 heterocycles. The number of hydrogen-bond acceptors (Lipinski definition) is 7. The minimum Gasteiger partial charge on any atom is -0.453 e. The number of pyridine rings is 1. The van der Waals surface area contributed by atoms with Gasteiger partial charge in [0, 0.05) is 40.5 Å². The molecule has 2 unspecified atom stereocenters. The summed E-state index contributed by atoms with van der Waals surface area (Å²) >= 11 is 6.35. The molecule has 3 atom stereocenters. The van der Waals surface area contributed by atoms with Gasteiger partial charge in [-0.3, -0.25) is 25.2 Å². The summed E-state index contributed by atoms with van der Waals surface area (Å²) in [5.41, 5.74) is 3.44. The van der Waals surface area contributed by atoms with Crippen molar-refractivity contribution < 1.29 is 28.7 Å². The zero-order valence-corrected chi connectivity index (χ0v) is 25.8. The lowest BCUT2D eigenvalue weighted by Crippen LogP contribution is -2.54. The first-order valence-electron chi connectivity index (χ1n) is 15.0. The van der Waals surface area contributed by atoms with Gasteiger partial charge in [0.25, 0.3) is 0 Å². The Balaban J connectivity index is 1.35. The number of anilines is 3. The van der Waals surface area contributed by atoms with Crippen LogP contribution >= 0.6 is 11.6 Å². The number of ether oxygens (including phenoxy) is 2. The van der Waals surface area contributed by atoms with E-state index in [1.54, 1.807) is 47.5 Å². The Bertz CT molecular complexity index is 1680. The second-order valence-electron chi connectivity index (χ2n) is 11.8. The number of nitrogens with one attached hydrogen (secondary N) is 3. The normalized spacial score (nSPS) is 22.8. The zero-order valence-electron chi connectivity index (χ0n) is 25.0. The van der Waals surface area contributed by atoms with Gasteiger partial charge in [-0.25, -0.2) is 9.59 Å². The quantitative estimate of drug-likeness (QED) is 0.293. The number of piperidine rings is 1. The van der Waals surface area contributed by atoms with Crippen LogP contribution in [0, 0.1) is 5.92 Å². The van der Waals surface area contributed by atoms with Gasteiger partial charge in [-0.2, -0.15) is 0 Å². The maximum Gasteiger partial charge on any atom is 0.412 e. The molecule has 12 heteroatoms. The fourth-order valence-corrected chi connectivity index (χ4v) is 6.64. The summed E-state index contributed by atoms with van der Waals surface area (Å²) in [6.07, 6.45) is 3.35. The second kappa shape index (κ2) is 12.4. The van der Waals surface area contributed by atoms with E-state index < -0.39 is 23.7 Å². The molecule has 1 fully saturated rings. The Kier molecular flexibility index (Phi) is 8.37. The zero-order chi connectivity index (χ0) is 31.7. The van der Waals surface area contributed by atoms with Crippen molar-refractivity contribution in [2.75, 3.05) is 36.1 Å². The maximum absolute atomic E-state index is 14.4. The van der Waals surface area contributed by atoms with Crippen LogP contribution in [0.15, 0.2) is 54.7 Å². The van der Waals surface area contributed by atoms with Gasteiger partial charge in [0.05, 0.1) is 36.6 Å². The van der Waals surface area contributed by atoms with Crippen LogP contribution in [0.25, 0.3) is 11.1 Å². The van der Waals surface area contributed by atoms with Crippen LogP contribution in [-0.4, -0.2) is 54.1 Å². The molecular formula is C33H34ClN5O6.